The first-order chi connectivity index (χ1) is 8.08. The molecule has 0 aliphatic heterocycles. The van der Waals surface area contributed by atoms with Crippen molar-refractivity contribution in [3.63, 3.8) is 0 Å². The highest BCUT2D eigenvalue weighted by Gasteiger charge is 2.10. The maximum absolute atomic E-state index is 11.1. The third kappa shape index (κ3) is 3.26. The van der Waals surface area contributed by atoms with Crippen LogP contribution in [-0.2, 0) is 0 Å². The zero-order valence-corrected chi connectivity index (χ0v) is 9.50. The predicted octanol–water partition coefficient (Wildman–Crippen LogP) is 0.895. The first kappa shape index (κ1) is 12.6. The predicted molar refractivity (Wildman–Crippen MR) is 64.3 cm³/mol. The van der Waals surface area contributed by atoms with E-state index in [2.05, 4.69) is 21.3 Å². The van der Waals surface area contributed by atoms with Gasteiger partial charge in [-0.05, 0) is 12.1 Å². The summed E-state index contributed by atoms with van der Waals surface area (Å²) in [4.78, 5) is 22.2. The quantitative estimate of drug-likeness (QED) is 0.494. The van der Waals surface area contributed by atoms with Gasteiger partial charge in [0.1, 0.15) is 0 Å². The first-order valence-corrected chi connectivity index (χ1v) is 4.88. The van der Waals surface area contributed by atoms with Gasteiger partial charge in [-0.1, -0.05) is 6.07 Å². The van der Waals surface area contributed by atoms with Gasteiger partial charge in [0.05, 0.1) is 11.4 Å². The monoisotopic (exact) mass is 238 g/mol. The van der Waals surface area contributed by atoms with E-state index in [1.165, 1.54) is 26.2 Å². The minimum Gasteiger partial charge on any atom is -0.504 e. The molecule has 92 valence electrons. The molecular weight excluding hydrogens is 224 g/mol. The Balaban J connectivity index is 2.91. The van der Waals surface area contributed by atoms with Crippen molar-refractivity contribution in [1.29, 1.82) is 0 Å². The van der Waals surface area contributed by atoms with Gasteiger partial charge >= 0.3 is 12.1 Å². The van der Waals surface area contributed by atoms with Crippen molar-refractivity contribution in [2.45, 2.75) is 0 Å². The summed E-state index contributed by atoms with van der Waals surface area (Å²) < 4.78 is 0. The van der Waals surface area contributed by atoms with E-state index < -0.39 is 12.1 Å². The van der Waals surface area contributed by atoms with Gasteiger partial charge in [-0.15, -0.1) is 0 Å². The number of nitrogens with one attached hydrogen (secondary N) is 4. The molecular formula is C10H14N4O3. The number of benzene rings is 1. The van der Waals surface area contributed by atoms with Crippen LogP contribution in [0.1, 0.15) is 0 Å². The van der Waals surface area contributed by atoms with Crippen LogP contribution in [0, 0.1) is 0 Å². The molecule has 0 aliphatic carbocycles. The van der Waals surface area contributed by atoms with Gasteiger partial charge in [-0.2, -0.15) is 0 Å². The Morgan fingerprint density at radius 1 is 1.00 bits per heavy atom. The van der Waals surface area contributed by atoms with Gasteiger partial charge in [0, 0.05) is 14.1 Å². The summed E-state index contributed by atoms with van der Waals surface area (Å²) in [7, 11) is 2.91. The second-order valence-electron chi connectivity index (χ2n) is 3.11. The second-order valence-corrected chi connectivity index (χ2v) is 3.11. The molecule has 0 unspecified atom stereocenters. The molecule has 4 amide bonds. The van der Waals surface area contributed by atoms with Gasteiger partial charge < -0.3 is 26.4 Å². The molecule has 7 heteroatoms. The SMILES string of the molecule is CNC(=O)Nc1cccc(NC(=O)NC)c1O. The average molecular weight is 238 g/mol. The fraction of sp³-hybridized carbons (Fsp3) is 0.200. The van der Waals surface area contributed by atoms with Crippen LogP contribution in [0.3, 0.4) is 0 Å². The van der Waals surface area contributed by atoms with E-state index in [1.54, 1.807) is 6.07 Å². The molecule has 0 fully saturated rings. The van der Waals surface area contributed by atoms with Crippen LogP contribution in [0.2, 0.25) is 0 Å². The van der Waals surface area contributed by atoms with Crippen LogP contribution in [-0.4, -0.2) is 31.3 Å². The number of carbonyl (C=O) groups is 2. The summed E-state index contributed by atoms with van der Waals surface area (Å²) >= 11 is 0. The number of phenols is 1. The Morgan fingerprint density at radius 3 is 1.76 bits per heavy atom. The summed E-state index contributed by atoms with van der Waals surface area (Å²) in [6.45, 7) is 0. The van der Waals surface area contributed by atoms with Gasteiger partial charge in [0.15, 0.2) is 5.75 Å². The third-order valence-electron chi connectivity index (χ3n) is 1.99. The number of phenolic OH excluding ortho intramolecular Hbond substituents is 1. The molecule has 1 rings (SSSR count). The zero-order valence-electron chi connectivity index (χ0n) is 9.50. The molecule has 0 radical (unpaired) electrons. The zero-order chi connectivity index (χ0) is 12.8. The number of rotatable bonds is 2. The van der Waals surface area contributed by atoms with Crippen LogP contribution in [0.15, 0.2) is 18.2 Å². The van der Waals surface area contributed by atoms with Crippen molar-refractivity contribution >= 4 is 23.4 Å². The highest BCUT2D eigenvalue weighted by atomic mass is 16.3. The number of aromatic hydroxyl groups is 1. The number of para-hydroxylation sites is 1. The Labute approximate surface area is 98.2 Å². The van der Waals surface area contributed by atoms with E-state index in [9.17, 15) is 14.7 Å². The second kappa shape index (κ2) is 5.59. The number of hydrogen-bond donors (Lipinski definition) is 5. The molecule has 7 nitrogen and oxygen atoms in total. The van der Waals surface area contributed by atoms with E-state index in [4.69, 9.17) is 0 Å². The Kier molecular flexibility index (Phi) is 4.15. The standard InChI is InChI=1S/C10H14N4O3/c1-11-9(16)13-6-4-3-5-7(8(6)15)14-10(17)12-2/h3-5,15H,1-2H3,(H2,11,13,16)(H2,12,14,17). The number of hydrogen-bond acceptors (Lipinski definition) is 3. The number of urea groups is 2. The van der Waals surface area contributed by atoms with Crippen LogP contribution in [0.5, 0.6) is 5.75 Å². The fourth-order valence-corrected chi connectivity index (χ4v) is 1.11. The first-order valence-electron chi connectivity index (χ1n) is 4.88. The molecule has 1 aromatic carbocycles. The molecule has 0 saturated heterocycles. The minimum atomic E-state index is -0.461. The van der Waals surface area contributed by atoms with Crippen molar-refractivity contribution in [2.75, 3.05) is 24.7 Å². The molecule has 0 aliphatic rings. The van der Waals surface area contributed by atoms with Crippen molar-refractivity contribution < 1.29 is 14.7 Å². The summed E-state index contributed by atoms with van der Waals surface area (Å²) in [5.41, 5.74) is 0.413. The smallest absolute Gasteiger partial charge is 0.319 e. The molecule has 0 heterocycles. The van der Waals surface area contributed by atoms with Crippen LogP contribution in [0.25, 0.3) is 0 Å². The highest BCUT2D eigenvalue weighted by molar-refractivity contribution is 5.96. The van der Waals surface area contributed by atoms with E-state index in [1.807, 2.05) is 0 Å². The van der Waals surface area contributed by atoms with Crippen LogP contribution in [0.4, 0.5) is 21.0 Å². The van der Waals surface area contributed by atoms with E-state index in [0.29, 0.717) is 0 Å². The Bertz CT molecular complexity index is 397. The van der Waals surface area contributed by atoms with Crippen molar-refractivity contribution in [1.82, 2.24) is 10.6 Å². The normalized spacial score (nSPS) is 9.29. The van der Waals surface area contributed by atoms with Crippen molar-refractivity contribution in [3.05, 3.63) is 18.2 Å². The lowest BCUT2D eigenvalue weighted by molar-refractivity contribution is 0.253. The molecule has 0 atom stereocenters. The van der Waals surface area contributed by atoms with Gasteiger partial charge in [0.2, 0.25) is 0 Å². The molecule has 0 aromatic heterocycles. The number of anilines is 2. The lowest BCUT2D eigenvalue weighted by atomic mass is 10.2. The summed E-state index contributed by atoms with van der Waals surface area (Å²) in [6.07, 6.45) is 0. The van der Waals surface area contributed by atoms with Gasteiger partial charge in [-0.3, -0.25) is 0 Å². The maximum atomic E-state index is 11.1. The van der Waals surface area contributed by atoms with Crippen LogP contribution >= 0.6 is 0 Å². The number of amides is 4. The molecule has 17 heavy (non-hydrogen) atoms. The topological polar surface area (TPSA) is 102 Å². The van der Waals surface area contributed by atoms with Gasteiger partial charge in [0.25, 0.3) is 0 Å². The summed E-state index contributed by atoms with van der Waals surface area (Å²) in [5, 5.41) is 19.3. The van der Waals surface area contributed by atoms with Crippen LogP contribution < -0.4 is 21.3 Å². The minimum absolute atomic E-state index is 0.207. The average Bonchev–Trinajstić information content (AvgIpc) is 2.33. The molecule has 1 aromatic rings. The van der Waals surface area contributed by atoms with Gasteiger partial charge in [-0.25, -0.2) is 9.59 Å². The lowest BCUT2D eigenvalue weighted by Crippen LogP contribution is -2.26. The number of carbonyl (C=O) groups excluding carboxylic acids is 2. The molecule has 0 saturated carbocycles. The van der Waals surface area contributed by atoms with E-state index >= 15 is 0 Å². The molecule has 5 N–H and O–H groups in total. The third-order valence-corrected chi connectivity index (χ3v) is 1.99. The summed E-state index contributed by atoms with van der Waals surface area (Å²) in [5.74, 6) is -0.209. The highest BCUT2D eigenvalue weighted by Crippen LogP contribution is 2.31. The Hall–Kier alpha value is -2.44. The van der Waals surface area contributed by atoms with E-state index in [-0.39, 0.29) is 17.1 Å². The fourth-order valence-electron chi connectivity index (χ4n) is 1.11. The largest absolute Gasteiger partial charge is 0.504 e. The van der Waals surface area contributed by atoms with E-state index in [0.717, 1.165) is 0 Å². The maximum Gasteiger partial charge on any atom is 0.319 e. The molecule has 0 spiro atoms. The summed E-state index contributed by atoms with van der Waals surface area (Å²) in [6, 6.07) is 3.70. The lowest BCUT2D eigenvalue weighted by Gasteiger charge is -2.11. The van der Waals surface area contributed by atoms with Crippen molar-refractivity contribution in [3.8, 4) is 5.75 Å². The Morgan fingerprint density at radius 2 is 1.41 bits per heavy atom. The molecule has 0 bridgehead atoms. The van der Waals surface area contributed by atoms with Crippen molar-refractivity contribution in [2.24, 2.45) is 0 Å².